The Morgan fingerprint density at radius 2 is 2.00 bits per heavy atom. The zero-order chi connectivity index (χ0) is 12.1. The van der Waals surface area contributed by atoms with E-state index in [0.29, 0.717) is 25.2 Å². The number of aliphatic hydroxyl groups excluding tert-OH is 1. The van der Waals surface area contributed by atoms with Gasteiger partial charge < -0.3 is 10.4 Å². The number of rotatable bonds is 5. The predicted molar refractivity (Wildman–Crippen MR) is 60.3 cm³/mol. The Morgan fingerprint density at radius 3 is 2.62 bits per heavy atom. The van der Waals surface area contributed by atoms with Gasteiger partial charge in [0.1, 0.15) is 0 Å². The van der Waals surface area contributed by atoms with Crippen LogP contribution in [0.15, 0.2) is 15.7 Å². The summed E-state index contributed by atoms with van der Waals surface area (Å²) in [4.78, 5) is 22.9. The molecule has 0 bridgehead atoms. The third-order valence-corrected chi connectivity index (χ3v) is 2.44. The highest BCUT2D eigenvalue weighted by molar-refractivity contribution is 5.01. The van der Waals surface area contributed by atoms with Gasteiger partial charge >= 0.3 is 5.69 Å². The Bertz CT molecular complexity index is 461. The molecule has 2 N–H and O–H groups in total. The maximum atomic E-state index is 11.6. The number of hydrogen-bond acceptors (Lipinski definition) is 4. The van der Waals surface area contributed by atoms with Crippen molar-refractivity contribution in [1.82, 2.24) is 14.5 Å². The van der Waals surface area contributed by atoms with Crippen molar-refractivity contribution >= 4 is 0 Å². The van der Waals surface area contributed by atoms with Crippen LogP contribution >= 0.6 is 0 Å². The van der Waals surface area contributed by atoms with Crippen LogP contribution < -0.4 is 16.6 Å². The molecule has 0 saturated carbocycles. The fourth-order valence-corrected chi connectivity index (χ4v) is 1.37. The molecule has 0 atom stereocenters. The molecule has 6 heteroatoms. The maximum absolute atomic E-state index is 11.6. The minimum absolute atomic E-state index is 0.127. The van der Waals surface area contributed by atoms with Crippen LogP contribution in [0.4, 0.5) is 0 Å². The van der Waals surface area contributed by atoms with Crippen molar-refractivity contribution in [2.75, 3.05) is 13.2 Å². The lowest BCUT2D eigenvalue weighted by Gasteiger charge is -2.09. The van der Waals surface area contributed by atoms with Crippen LogP contribution in [0.1, 0.15) is 12.1 Å². The van der Waals surface area contributed by atoms with Gasteiger partial charge in [-0.3, -0.25) is 13.9 Å². The van der Waals surface area contributed by atoms with Crippen molar-refractivity contribution in [2.24, 2.45) is 14.1 Å². The molecule has 0 amide bonds. The third kappa shape index (κ3) is 2.80. The molecule has 1 heterocycles. The van der Waals surface area contributed by atoms with Gasteiger partial charge in [0, 0.05) is 39.0 Å². The van der Waals surface area contributed by atoms with Crippen molar-refractivity contribution < 1.29 is 5.11 Å². The molecule has 6 nitrogen and oxygen atoms in total. The first-order chi connectivity index (χ1) is 7.57. The number of hydrogen-bond donors (Lipinski definition) is 2. The van der Waals surface area contributed by atoms with Gasteiger partial charge in [-0.1, -0.05) is 0 Å². The summed E-state index contributed by atoms with van der Waals surface area (Å²) in [6, 6.07) is 1.44. The van der Waals surface area contributed by atoms with E-state index in [-0.39, 0.29) is 17.9 Å². The summed E-state index contributed by atoms with van der Waals surface area (Å²) in [6.07, 6.45) is 0.652. The average Bonchev–Trinajstić information content (AvgIpc) is 2.28. The van der Waals surface area contributed by atoms with E-state index in [1.165, 1.54) is 17.7 Å². The molecule has 0 aromatic carbocycles. The molecule has 1 aromatic heterocycles. The van der Waals surface area contributed by atoms with E-state index in [0.717, 1.165) is 4.57 Å². The van der Waals surface area contributed by atoms with Crippen molar-refractivity contribution in [3.05, 3.63) is 32.6 Å². The summed E-state index contributed by atoms with van der Waals surface area (Å²) in [6.45, 7) is 1.23. The van der Waals surface area contributed by atoms with E-state index in [1.54, 1.807) is 7.05 Å². The first-order valence-corrected chi connectivity index (χ1v) is 5.15. The molecule has 1 aromatic rings. The quantitative estimate of drug-likeness (QED) is 0.604. The molecule has 0 unspecified atom stereocenters. The molecule has 0 radical (unpaired) electrons. The lowest BCUT2D eigenvalue weighted by atomic mass is 10.3. The Balaban J connectivity index is 2.82. The third-order valence-electron chi connectivity index (χ3n) is 2.44. The normalized spacial score (nSPS) is 10.7. The highest BCUT2D eigenvalue weighted by Crippen LogP contribution is 1.89. The van der Waals surface area contributed by atoms with Crippen LogP contribution in [0, 0.1) is 0 Å². The highest BCUT2D eigenvalue weighted by Gasteiger charge is 2.04. The van der Waals surface area contributed by atoms with Gasteiger partial charge in [-0.05, 0) is 13.0 Å². The molecule has 0 saturated heterocycles. The highest BCUT2D eigenvalue weighted by atomic mass is 16.3. The number of nitrogens with one attached hydrogen (secondary N) is 1. The maximum Gasteiger partial charge on any atom is 0.330 e. The van der Waals surface area contributed by atoms with Crippen LogP contribution in [-0.4, -0.2) is 27.4 Å². The Morgan fingerprint density at radius 1 is 1.31 bits per heavy atom. The van der Waals surface area contributed by atoms with Crippen LogP contribution in [0.2, 0.25) is 0 Å². The summed E-state index contributed by atoms with van der Waals surface area (Å²) in [5, 5.41) is 11.6. The molecule has 90 valence electrons. The molecule has 0 aliphatic heterocycles. The summed E-state index contributed by atoms with van der Waals surface area (Å²) < 4.78 is 2.50. The molecule has 0 fully saturated rings. The lowest BCUT2D eigenvalue weighted by Crippen LogP contribution is -2.39. The van der Waals surface area contributed by atoms with Gasteiger partial charge in [-0.25, -0.2) is 4.79 Å². The summed E-state index contributed by atoms with van der Waals surface area (Å²) in [7, 11) is 3.08. The van der Waals surface area contributed by atoms with E-state index in [2.05, 4.69) is 5.32 Å². The number of aromatic nitrogens is 2. The van der Waals surface area contributed by atoms with Gasteiger partial charge in [-0.15, -0.1) is 0 Å². The summed E-state index contributed by atoms with van der Waals surface area (Å²) in [5.41, 5.74) is 0.0135. The summed E-state index contributed by atoms with van der Waals surface area (Å²) >= 11 is 0. The fourth-order valence-electron chi connectivity index (χ4n) is 1.37. The molecular formula is C10H17N3O3. The molecule has 1 rings (SSSR count). The van der Waals surface area contributed by atoms with Gasteiger partial charge in [0.25, 0.3) is 5.56 Å². The zero-order valence-corrected chi connectivity index (χ0v) is 9.56. The molecule has 0 aliphatic carbocycles. The van der Waals surface area contributed by atoms with Gasteiger partial charge in [0.2, 0.25) is 0 Å². The monoisotopic (exact) mass is 227 g/mol. The second-order valence-electron chi connectivity index (χ2n) is 3.63. The van der Waals surface area contributed by atoms with Crippen LogP contribution in [0.3, 0.4) is 0 Å². The second-order valence-corrected chi connectivity index (χ2v) is 3.63. The van der Waals surface area contributed by atoms with E-state index >= 15 is 0 Å². The number of aliphatic hydroxyl groups is 1. The van der Waals surface area contributed by atoms with Gasteiger partial charge in [0.15, 0.2) is 0 Å². The predicted octanol–water partition coefficient (Wildman–Crippen LogP) is -1.44. The van der Waals surface area contributed by atoms with E-state index in [9.17, 15) is 9.59 Å². The lowest BCUT2D eigenvalue weighted by molar-refractivity contribution is 0.285. The van der Waals surface area contributed by atoms with E-state index in [4.69, 9.17) is 5.11 Å². The zero-order valence-electron chi connectivity index (χ0n) is 9.56. The Labute approximate surface area is 93.1 Å². The Kier molecular flexibility index (Phi) is 4.45. The molecule has 0 spiro atoms. The smallest absolute Gasteiger partial charge is 0.330 e. The number of nitrogens with zero attached hydrogens (tertiary/aromatic N) is 2. The minimum Gasteiger partial charge on any atom is -0.396 e. The second kappa shape index (κ2) is 5.62. The van der Waals surface area contributed by atoms with E-state index < -0.39 is 0 Å². The van der Waals surface area contributed by atoms with Crippen molar-refractivity contribution in [3.63, 3.8) is 0 Å². The first kappa shape index (κ1) is 12.7. The van der Waals surface area contributed by atoms with Crippen molar-refractivity contribution in [2.45, 2.75) is 13.0 Å². The van der Waals surface area contributed by atoms with Crippen molar-refractivity contribution in [3.8, 4) is 0 Å². The first-order valence-electron chi connectivity index (χ1n) is 5.15. The standard InChI is InChI=1S/C10H17N3O3/c1-12-8(7-11-4-3-5-14)6-9(15)13(2)10(12)16/h6,11,14H,3-5,7H2,1-2H3. The molecular weight excluding hydrogens is 210 g/mol. The average molecular weight is 227 g/mol. The van der Waals surface area contributed by atoms with Gasteiger partial charge in [0.05, 0.1) is 0 Å². The van der Waals surface area contributed by atoms with Crippen LogP contribution in [-0.2, 0) is 20.6 Å². The van der Waals surface area contributed by atoms with Crippen LogP contribution in [0.5, 0.6) is 0 Å². The molecule has 16 heavy (non-hydrogen) atoms. The summed E-state index contributed by atoms with van der Waals surface area (Å²) in [5.74, 6) is 0. The Hall–Kier alpha value is -1.40. The van der Waals surface area contributed by atoms with Crippen LogP contribution in [0.25, 0.3) is 0 Å². The SMILES string of the molecule is Cn1c(CNCCCO)cc(=O)n(C)c1=O. The van der Waals surface area contributed by atoms with Gasteiger partial charge in [-0.2, -0.15) is 0 Å². The largest absolute Gasteiger partial charge is 0.396 e. The molecule has 0 aliphatic rings. The van der Waals surface area contributed by atoms with E-state index in [1.807, 2.05) is 0 Å². The topological polar surface area (TPSA) is 76.3 Å². The minimum atomic E-state index is -0.327. The fraction of sp³-hybridized carbons (Fsp3) is 0.600. The van der Waals surface area contributed by atoms with Crippen molar-refractivity contribution in [1.29, 1.82) is 0 Å².